The molecular weight excluding hydrogens is 236 g/mol. The number of rotatable bonds is 5. The van der Waals surface area contributed by atoms with Gasteiger partial charge in [0, 0.05) is 0 Å². The predicted molar refractivity (Wildman–Crippen MR) is 78.4 cm³/mol. The Balaban J connectivity index is 1.92. The van der Waals surface area contributed by atoms with Crippen molar-refractivity contribution < 1.29 is 9.84 Å². The first-order valence-corrected chi connectivity index (χ1v) is 7.67. The number of aliphatic hydroxyl groups is 1. The lowest BCUT2D eigenvalue weighted by molar-refractivity contribution is 0.122. The number of hydrogen-bond acceptors (Lipinski definition) is 2. The zero-order chi connectivity index (χ0) is 13.7. The van der Waals surface area contributed by atoms with Gasteiger partial charge in [-0.05, 0) is 49.3 Å². The lowest BCUT2D eigenvalue weighted by Crippen LogP contribution is -2.25. The van der Waals surface area contributed by atoms with E-state index in [4.69, 9.17) is 4.74 Å². The third kappa shape index (κ3) is 3.97. The Morgan fingerprint density at radius 1 is 1.21 bits per heavy atom. The van der Waals surface area contributed by atoms with Crippen molar-refractivity contribution in [3.8, 4) is 5.75 Å². The molecule has 0 radical (unpaired) electrons. The second kappa shape index (κ2) is 6.95. The molecule has 0 heterocycles. The van der Waals surface area contributed by atoms with E-state index in [-0.39, 0.29) is 6.10 Å². The van der Waals surface area contributed by atoms with E-state index in [0.717, 1.165) is 23.7 Å². The van der Waals surface area contributed by atoms with Gasteiger partial charge in [-0.1, -0.05) is 38.8 Å². The van der Waals surface area contributed by atoms with Crippen molar-refractivity contribution in [2.75, 3.05) is 0 Å². The van der Waals surface area contributed by atoms with Crippen molar-refractivity contribution >= 4 is 0 Å². The van der Waals surface area contributed by atoms with Crippen LogP contribution in [0.2, 0.25) is 0 Å². The fourth-order valence-electron chi connectivity index (χ4n) is 2.92. The predicted octanol–water partition coefficient (Wildman–Crippen LogP) is 4.48. The molecule has 1 N–H and O–H groups in total. The minimum Gasteiger partial charge on any atom is -0.490 e. The van der Waals surface area contributed by atoms with E-state index in [9.17, 15) is 5.11 Å². The normalized spacial score (nSPS) is 25.0. The van der Waals surface area contributed by atoms with E-state index in [2.05, 4.69) is 6.92 Å². The summed E-state index contributed by atoms with van der Waals surface area (Å²) in [6.07, 6.45) is 7.05. The molecule has 0 saturated heterocycles. The Morgan fingerprint density at radius 3 is 2.58 bits per heavy atom. The highest BCUT2D eigenvalue weighted by Crippen LogP contribution is 2.30. The standard InChI is InChI=1S/C17H26O2/c1-3-13-6-5-7-16(12-13)19-15-10-8-14(9-11-15)17(18)4-2/h8-11,13,16-18H,3-7,12H2,1-2H3/t13?,16?,17-/m0/s1. The van der Waals surface area contributed by atoms with E-state index in [1.54, 1.807) is 0 Å². The average molecular weight is 262 g/mol. The molecule has 2 nitrogen and oxygen atoms in total. The number of aliphatic hydroxyl groups excluding tert-OH is 1. The summed E-state index contributed by atoms with van der Waals surface area (Å²) in [5, 5.41) is 9.77. The first kappa shape index (κ1) is 14.4. The molecule has 1 aromatic rings. The second-order valence-corrected chi connectivity index (χ2v) is 5.67. The van der Waals surface area contributed by atoms with Crippen LogP contribution in [0.5, 0.6) is 5.75 Å². The molecule has 1 fully saturated rings. The molecule has 0 amide bonds. The van der Waals surface area contributed by atoms with Gasteiger partial charge >= 0.3 is 0 Å². The first-order valence-electron chi connectivity index (χ1n) is 7.67. The summed E-state index contributed by atoms with van der Waals surface area (Å²) >= 11 is 0. The van der Waals surface area contributed by atoms with Gasteiger partial charge in [0.1, 0.15) is 5.75 Å². The average Bonchev–Trinajstić information content (AvgIpc) is 2.47. The summed E-state index contributed by atoms with van der Waals surface area (Å²) < 4.78 is 6.07. The van der Waals surface area contributed by atoms with E-state index < -0.39 is 0 Å². The maximum Gasteiger partial charge on any atom is 0.119 e. The topological polar surface area (TPSA) is 29.5 Å². The van der Waals surface area contributed by atoms with Crippen LogP contribution < -0.4 is 4.74 Å². The van der Waals surface area contributed by atoms with Crippen LogP contribution >= 0.6 is 0 Å². The van der Waals surface area contributed by atoms with Gasteiger partial charge in [0.2, 0.25) is 0 Å². The molecule has 19 heavy (non-hydrogen) atoms. The summed E-state index contributed by atoms with van der Waals surface area (Å²) in [6.45, 7) is 4.26. The van der Waals surface area contributed by atoms with Gasteiger partial charge in [-0.2, -0.15) is 0 Å². The molecular formula is C17H26O2. The quantitative estimate of drug-likeness (QED) is 0.848. The van der Waals surface area contributed by atoms with Crippen LogP contribution in [0, 0.1) is 5.92 Å². The fraction of sp³-hybridized carbons (Fsp3) is 0.647. The third-order valence-electron chi connectivity index (χ3n) is 4.27. The fourth-order valence-corrected chi connectivity index (χ4v) is 2.92. The van der Waals surface area contributed by atoms with Crippen molar-refractivity contribution in [1.82, 2.24) is 0 Å². The highest BCUT2D eigenvalue weighted by molar-refractivity contribution is 5.28. The van der Waals surface area contributed by atoms with Crippen molar-refractivity contribution in [1.29, 1.82) is 0 Å². The summed E-state index contributed by atoms with van der Waals surface area (Å²) in [5.41, 5.74) is 0.977. The third-order valence-corrected chi connectivity index (χ3v) is 4.27. The molecule has 1 aliphatic carbocycles. The molecule has 3 atom stereocenters. The Labute approximate surface area is 116 Å². The van der Waals surface area contributed by atoms with E-state index in [1.807, 2.05) is 31.2 Å². The maximum atomic E-state index is 9.77. The summed E-state index contributed by atoms with van der Waals surface area (Å²) in [5.74, 6) is 1.77. The van der Waals surface area contributed by atoms with Crippen LogP contribution in [-0.2, 0) is 0 Å². The highest BCUT2D eigenvalue weighted by Gasteiger charge is 2.22. The van der Waals surface area contributed by atoms with Crippen molar-refractivity contribution in [3.63, 3.8) is 0 Å². The van der Waals surface area contributed by atoms with Crippen LogP contribution in [0.25, 0.3) is 0 Å². The molecule has 0 aliphatic heterocycles. The van der Waals surface area contributed by atoms with E-state index in [0.29, 0.717) is 6.10 Å². The number of benzene rings is 1. The lowest BCUT2D eigenvalue weighted by atomic mass is 9.85. The summed E-state index contributed by atoms with van der Waals surface area (Å²) in [6, 6.07) is 7.93. The molecule has 0 bridgehead atoms. The molecule has 0 aromatic heterocycles. The Morgan fingerprint density at radius 2 is 1.95 bits per heavy atom. The van der Waals surface area contributed by atoms with Crippen LogP contribution in [0.1, 0.15) is 64.0 Å². The monoisotopic (exact) mass is 262 g/mol. The van der Waals surface area contributed by atoms with Gasteiger partial charge in [-0.15, -0.1) is 0 Å². The molecule has 0 spiro atoms. The Kier molecular flexibility index (Phi) is 5.26. The van der Waals surface area contributed by atoms with Crippen LogP contribution in [0.15, 0.2) is 24.3 Å². The van der Waals surface area contributed by atoms with Gasteiger partial charge in [-0.3, -0.25) is 0 Å². The van der Waals surface area contributed by atoms with Crippen LogP contribution in [0.4, 0.5) is 0 Å². The summed E-state index contributed by atoms with van der Waals surface area (Å²) in [7, 11) is 0. The van der Waals surface area contributed by atoms with E-state index >= 15 is 0 Å². The minimum absolute atomic E-state index is 0.354. The molecule has 106 valence electrons. The number of ether oxygens (including phenoxy) is 1. The van der Waals surface area contributed by atoms with Crippen molar-refractivity contribution in [2.45, 2.75) is 64.6 Å². The molecule has 2 unspecified atom stereocenters. The second-order valence-electron chi connectivity index (χ2n) is 5.67. The lowest BCUT2D eigenvalue weighted by Gasteiger charge is -2.29. The SMILES string of the molecule is CCC1CCCC(Oc2ccc([C@@H](O)CC)cc2)C1. The number of hydrogen-bond donors (Lipinski definition) is 1. The molecule has 2 rings (SSSR count). The Hall–Kier alpha value is -1.02. The zero-order valence-electron chi connectivity index (χ0n) is 12.1. The van der Waals surface area contributed by atoms with Crippen LogP contribution in [0.3, 0.4) is 0 Å². The van der Waals surface area contributed by atoms with Crippen molar-refractivity contribution in [3.05, 3.63) is 29.8 Å². The minimum atomic E-state index is -0.354. The van der Waals surface area contributed by atoms with Gasteiger partial charge in [0.15, 0.2) is 0 Å². The van der Waals surface area contributed by atoms with Crippen molar-refractivity contribution in [2.24, 2.45) is 5.92 Å². The molecule has 2 heteroatoms. The van der Waals surface area contributed by atoms with Gasteiger partial charge < -0.3 is 9.84 Å². The zero-order valence-corrected chi connectivity index (χ0v) is 12.1. The molecule has 1 aliphatic rings. The first-order chi connectivity index (χ1) is 9.22. The summed E-state index contributed by atoms with van der Waals surface area (Å²) in [4.78, 5) is 0. The maximum absolute atomic E-state index is 9.77. The molecule has 1 aromatic carbocycles. The van der Waals surface area contributed by atoms with Crippen LogP contribution in [-0.4, -0.2) is 11.2 Å². The van der Waals surface area contributed by atoms with Gasteiger partial charge in [0.05, 0.1) is 12.2 Å². The van der Waals surface area contributed by atoms with E-state index in [1.165, 1.54) is 32.1 Å². The largest absolute Gasteiger partial charge is 0.490 e. The van der Waals surface area contributed by atoms with Gasteiger partial charge in [0.25, 0.3) is 0 Å². The molecule has 1 saturated carbocycles. The Bertz CT molecular complexity index is 371. The smallest absolute Gasteiger partial charge is 0.119 e. The van der Waals surface area contributed by atoms with Gasteiger partial charge in [-0.25, -0.2) is 0 Å². The highest BCUT2D eigenvalue weighted by atomic mass is 16.5.